The monoisotopic (exact) mass is 305 g/mol. The number of alkyl carbamates (subject to hydrolysis) is 1. The predicted molar refractivity (Wildman–Crippen MR) is 81.1 cm³/mol. The standard InChI is InChI=1S/C16H19NO5/c1-16(2,3)22-15(20)17-10-6-8-11-7-5-9-12(14(18)19)13(11)21-4/h5,7,9H,10H2,1-4H3,(H,17,20)(H,18,19). The maximum atomic E-state index is 11.4. The Balaban J connectivity index is 2.75. The van der Waals surface area contributed by atoms with Gasteiger partial charge in [-0.1, -0.05) is 17.9 Å². The highest BCUT2D eigenvalue weighted by Crippen LogP contribution is 2.22. The SMILES string of the molecule is COc1c(C#CCNC(=O)OC(C)(C)C)cccc1C(=O)O. The van der Waals surface area contributed by atoms with Crippen LogP contribution in [0, 0.1) is 11.8 Å². The highest BCUT2D eigenvalue weighted by atomic mass is 16.6. The van der Waals surface area contributed by atoms with Crippen molar-refractivity contribution >= 4 is 12.1 Å². The van der Waals surface area contributed by atoms with Gasteiger partial charge in [0.15, 0.2) is 0 Å². The van der Waals surface area contributed by atoms with Gasteiger partial charge in [0, 0.05) is 0 Å². The van der Waals surface area contributed by atoms with Crippen molar-refractivity contribution in [2.24, 2.45) is 0 Å². The van der Waals surface area contributed by atoms with Crippen LogP contribution in [0.4, 0.5) is 4.79 Å². The van der Waals surface area contributed by atoms with Gasteiger partial charge >= 0.3 is 12.1 Å². The maximum absolute atomic E-state index is 11.4. The second kappa shape index (κ2) is 7.36. The molecule has 0 saturated heterocycles. The van der Waals surface area contributed by atoms with Crippen molar-refractivity contribution in [3.63, 3.8) is 0 Å². The highest BCUT2D eigenvalue weighted by molar-refractivity contribution is 5.91. The number of aromatic carboxylic acids is 1. The molecular weight excluding hydrogens is 286 g/mol. The lowest BCUT2D eigenvalue weighted by Gasteiger charge is -2.19. The van der Waals surface area contributed by atoms with E-state index >= 15 is 0 Å². The third-order valence-electron chi connectivity index (χ3n) is 2.39. The fraction of sp³-hybridized carbons (Fsp3) is 0.375. The molecule has 0 spiro atoms. The number of rotatable bonds is 3. The summed E-state index contributed by atoms with van der Waals surface area (Å²) in [7, 11) is 1.38. The Morgan fingerprint density at radius 1 is 1.32 bits per heavy atom. The van der Waals surface area contributed by atoms with Crippen LogP contribution in [0.3, 0.4) is 0 Å². The lowest BCUT2D eigenvalue weighted by molar-refractivity contribution is 0.0534. The Morgan fingerprint density at radius 2 is 2.00 bits per heavy atom. The molecule has 1 amide bonds. The molecule has 22 heavy (non-hydrogen) atoms. The average molecular weight is 305 g/mol. The molecule has 1 aromatic carbocycles. The number of carbonyl (C=O) groups is 2. The first kappa shape index (κ1) is 17.4. The maximum Gasteiger partial charge on any atom is 0.408 e. The molecule has 1 aromatic rings. The van der Waals surface area contributed by atoms with Crippen LogP contribution < -0.4 is 10.1 Å². The second-order valence-electron chi connectivity index (χ2n) is 5.35. The van der Waals surface area contributed by atoms with Gasteiger partial charge in [0.1, 0.15) is 16.9 Å². The summed E-state index contributed by atoms with van der Waals surface area (Å²) in [4.78, 5) is 22.5. The molecule has 0 aliphatic rings. The Bertz CT molecular complexity index is 620. The van der Waals surface area contributed by atoms with E-state index < -0.39 is 17.7 Å². The smallest absolute Gasteiger partial charge is 0.408 e. The number of para-hydroxylation sites is 1. The van der Waals surface area contributed by atoms with E-state index in [1.165, 1.54) is 13.2 Å². The average Bonchev–Trinajstić information content (AvgIpc) is 2.41. The van der Waals surface area contributed by atoms with Crippen molar-refractivity contribution in [3.05, 3.63) is 29.3 Å². The van der Waals surface area contributed by atoms with Crippen molar-refractivity contribution in [1.82, 2.24) is 5.32 Å². The summed E-state index contributed by atoms with van der Waals surface area (Å²) >= 11 is 0. The van der Waals surface area contributed by atoms with Crippen molar-refractivity contribution in [3.8, 4) is 17.6 Å². The fourth-order valence-corrected chi connectivity index (χ4v) is 1.59. The number of carboxylic acid groups (broad SMARTS) is 1. The highest BCUT2D eigenvalue weighted by Gasteiger charge is 2.15. The molecule has 0 unspecified atom stereocenters. The van der Waals surface area contributed by atoms with E-state index in [0.29, 0.717) is 5.56 Å². The number of methoxy groups -OCH3 is 1. The van der Waals surface area contributed by atoms with E-state index in [9.17, 15) is 9.59 Å². The number of hydrogen-bond acceptors (Lipinski definition) is 4. The molecule has 0 heterocycles. The minimum atomic E-state index is -1.09. The van der Waals surface area contributed by atoms with Gasteiger partial charge in [-0.25, -0.2) is 9.59 Å². The number of hydrogen-bond donors (Lipinski definition) is 2. The molecule has 0 bridgehead atoms. The molecule has 0 aliphatic heterocycles. The van der Waals surface area contributed by atoms with Gasteiger partial charge in [0.2, 0.25) is 0 Å². The van der Waals surface area contributed by atoms with Crippen LogP contribution in [0.2, 0.25) is 0 Å². The molecule has 0 atom stereocenters. The van der Waals surface area contributed by atoms with E-state index in [0.717, 1.165) is 0 Å². The van der Waals surface area contributed by atoms with Crippen LogP contribution in [0.5, 0.6) is 5.75 Å². The van der Waals surface area contributed by atoms with Gasteiger partial charge in [-0.3, -0.25) is 0 Å². The van der Waals surface area contributed by atoms with E-state index in [4.69, 9.17) is 14.6 Å². The molecule has 0 fully saturated rings. The van der Waals surface area contributed by atoms with E-state index in [1.54, 1.807) is 32.9 Å². The molecule has 0 aliphatic carbocycles. The zero-order chi connectivity index (χ0) is 16.8. The minimum absolute atomic E-state index is 0.0365. The summed E-state index contributed by atoms with van der Waals surface area (Å²) in [6.45, 7) is 5.37. The topological polar surface area (TPSA) is 84.9 Å². The van der Waals surface area contributed by atoms with Gasteiger partial charge in [0.05, 0.1) is 19.2 Å². The van der Waals surface area contributed by atoms with Crippen LogP contribution in [0.25, 0.3) is 0 Å². The summed E-state index contributed by atoms with van der Waals surface area (Å²) < 4.78 is 10.2. The van der Waals surface area contributed by atoms with Crippen LogP contribution in [-0.4, -0.2) is 36.4 Å². The summed E-state index contributed by atoms with van der Waals surface area (Å²) in [5.41, 5.74) is -0.0981. The van der Waals surface area contributed by atoms with Crippen molar-refractivity contribution in [2.45, 2.75) is 26.4 Å². The van der Waals surface area contributed by atoms with E-state index in [2.05, 4.69) is 17.2 Å². The summed E-state index contributed by atoms with van der Waals surface area (Å²) in [6, 6.07) is 4.66. The van der Waals surface area contributed by atoms with Crippen LogP contribution >= 0.6 is 0 Å². The van der Waals surface area contributed by atoms with Crippen LogP contribution in [0.1, 0.15) is 36.7 Å². The van der Waals surface area contributed by atoms with E-state index in [1.807, 2.05) is 0 Å². The molecule has 6 heteroatoms. The van der Waals surface area contributed by atoms with Crippen LogP contribution in [-0.2, 0) is 4.74 Å². The van der Waals surface area contributed by atoms with Gasteiger partial charge in [0.25, 0.3) is 0 Å². The molecule has 118 valence electrons. The Kier molecular flexibility index (Phi) is 5.81. The third kappa shape index (κ3) is 5.37. The lowest BCUT2D eigenvalue weighted by Crippen LogP contribution is -2.32. The number of carboxylic acids is 1. The number of nitrogens with one attached hydrogen (secondary N) is 1. The Labute approximate surface area is 129 Å². The van der Waals surface area contributed by atoms with Gasteiger partial charge < -0.3 is 19.9 Å². The lowest BCUT2D eigenvalue weighted by atomic mass is 10.1. The van der Waals surface area contributed by atoms with Crippen LogP contribution in [0.15, 0.2) is 18.2 Å². The number of benzene rings is 1. The largest absolute Gasteiger partial charge is 0.495 e. The first-order valence-corrected chi connectivity index (χ1v) is 6.60. The quantitative estimate of drug-likeness (QED) is 0.837. The molecule has 2 N–H and O–H groups in total. The number of carbonyl (C=O) groups excluding carboxylic acids is 1. The van der Waals surface area contributed by atoms with Gasteiger partial charge in [-0.05, 0) is 32.9 Å². The predicted octanol–water partition coefficient (Wildman–Crippen LogP) is 2.27. The second-order valence-corrected chi connectivity index (χ2v) is 5.35. The first-order valence-electron chi connectivity index (χ1n) is 6.60. The molecule has 0 radical (unpaired) electrons. The fourth-order valence-electron chi connectivity index (χ4n) is 1.59. The summed E-state index contributed by atoms with van der Waals surface area (Å²) in [6.07, 6.45) is -0.562. The van der Waals surface area contributed by atoms with Gasteiger partial charge in [-0.2, -0.15) is 0 Å². The molecule has 1 rings (SSSR count). The zero-order valence-electron chi connectivity index (χ0n) is 13.0. The van der Waals surface area contributed by atoms with Crippen molar-refractivity contribution < 1.29 is 24.2 Å². The van der Waals surface area contributed by atoms with E-state index in [-0.39, 0.29) is 17.9 Å². The molecule has 0 aromatic heterocycles. The van der Waals surface area contributed by atoms with Crippen molar-refractivity contribution in [1.29, 1.82) is 0 Å². The van der Waals surface area contributed by atoms with Crippen molar-refractivity contribution in [2.75, 3.05) is 13.7 Å². The third-order valence-corrected chi connectivity index (χ3v) is 2.39. The minimum Gasteiger partial charge on any atom is -0.495 e. The number of ether oxygens (including phenoxy) is 2. The normalized spacial score (nSPS) is 10.2. The first-order chi connectivity index (χ1) is 10.2. The Morgan fingerprint density at radius 3 is 2.55 bits per heavy atom. The number of amides is 1. The van der Waals surface area contributed by atoms with Gasteiger partial charge in [-0.15, -0.1) is 0 Å². The zero-order valence-corrected chi connectivity index (χ0v) is 13.0. The molecule has 0 saturated carbocycles. The summed E-state index contributed by atoms with van der Waals surface area (Å²) in [5, 5.41) is 11.6. The Hall–Kier alpha value is -2.68. The molecular formula is C16H19NO5. The summed E-state index contributed by atoms with van der Waals surface area (Å²) in [5.74, 6) is 4.60. The molecule has 6 nitrogen and oxygen atoms in total.